The maximum absolute atomic E-state index is 13.4. The predicted octanol–water partition coefficient (Wildman–Crippen LogP) is 3.58. The van der Waals surface area contributed by atoms with Gasteiger partial charge >= 0.3 is 0 Å². The molecule has 8 nitrogen and oxygen atoms in total. The van der Waals surface area contributed by atoms with Gasteiger partial charge in [0.25, 0.3) is 0 Å². The molecule has 1 atom stereocenters. The van der Waals surface area contributed by atoms with E-state index in [-0.39, 0.29) is 11.8 Å². The Morgan fingerprint density at radius 2 is 1.62 bits per heavy atom. The van der Waals surface area contributed by atoms with Crippen LogP contribution in [0.4, 0.5) is 5.82 Å². The van der Waals surface area contributed by atoms with Crippen LogP contribution in [0.5, 0.6) is 0 Å². The second-order valence-corrected chi connectivity index (χ2v) is 12.9. The van der Waals surface area contributed by atoms with E-state index in [9.17, 15) is 13.2 Å². The zero-order chi connectivity index (χ0) is 26.8. The number of hydrogen-bond acceptors (Lipinski definition) is 6. The Labute approximate surface area is 231 Å². The molecule has 0 aliphatic carbocycles. The number of anilines is 1. The maximum atomic E-state index is 13.4. The molecule has 1 amide bonds. The van der Waals surface area contributed by atoms with Gasteiger partial charge in [-0.05, 0) is 61.6 Å². The minimum atomic E-state index is -3.46. The van der Waals surface area contributed by atoms with Crippen molar-refractivity contribution in [1.29, 1.82) is 0 Å². The Morgan fingerprint density at radius 1 is 0.846 bits per heavy atom. The average Bonchev–Trinajstić information content (AvgIpc) is 3.54. The molecule has 0 bridgehead atoms. The number of piperazine rings is 1. The minimum absolute atomic E-state index is 0.0232. The number of carbonyl (C=O) groups is 1. The summed E-state index contributed by atoms with van der Waals surface area (Å²) < 4.78 is 27.5. The van der Waals surface area contributed by atoms with Gasteiger partial charge in [0.05, 0.1) is 16.3 Å². The zero-order valence-electron chi connectivity index (χ0n) is 22.4. The number of nitrogens with zero attached hydrogens (tertiary/aromatic N) is 5. The number of pyridine rings is 1. The van der Waals surface area contributed by atoms with Gasteiger partial charge < -0.3 is 9.80 Å². The van der Waals surface area contributed by atoms with Crippen molar-refractivity contribution in [2.75, 3.05) is 57.3 Å². The summed E-state index contributed by atoms with van der Waals surface area (Å²) in [7, 11) is -3.46. The second-order valence-electron chi connectivity index (χ2n) is 11.0. The monoisotopic (exact) mass is 547 g/mol. The maximum Gasteiger partial charge on any atom is 0.243 e. The fourth-order valence-electron chi connectivity index (χ4n) is 6.12. The quantitative estimate of drug-likeness (QED) is 0.470. The highest BCUT2D eigenvalue weighted by Gasteiger charge is 2.32. The average molecular weight is 548 g/mol. The molecule has 206 valence electrons. The first kappa shape index (κ1) is 26.2. The molecule has 2 aromatic carbocycles. The van der Waals surface area contributed by atoms with Crippen LogP contribution in [0.1, 0.15) is 31.2 Å². The van der Waals surface area contributed by atoms with Gasteiger partial charge in [-0.1, -0.05) is 30.3 Å². The Bertz CT molecular complexity index is 1420. The molecule has 1 aromatic heterocycles. The van der Waals surface area contributed by atoms with E-state index in [2.05, 4.69) is 34.1 Å². The van der Waals surface area contributed by atoms with Gasteiger partial charge in [0.15, 0.2) is 0 Å². The highest BCUT2D eigenvalue weighted by Crippen LogP contribution is 2.28. The van der Waals surface area contributed by atoms with Gasteiger partial charge in [0.2, 0.25) is 15.9 Å². The number of hydrogen-bond donors (Lipinski definition) is 0. The van der Waals surface area contributed by atoms with E-state index in [1.165, 1.54) is 5.56 Å². The summed E-state index contributed by atoms with van der Waals surface area (Å²) in [5.74, 6) is 1.09. The number of benzene rings is 2. The van der Waals surface area contributed by atoms with Crippen LogP contribution in [0.25, 0.3) is 10.9 Å². The predicted molar refractivity (Wildman–Crippen MR) is 153 cm³/mol. The molecular weight excluding hydrogens is 510 g/mol. The summed E-state index contributed by atoms with van der Waals surface area (Å²) in [6.07, 6.45) is 3.70. The van der Waals surface area contributed by atoms with Crippen LogP contribution in [-0.4, -0.2) is 85.8 Å². The molecule has 3 aliphatic rings. The third-order valence-corrected chi connectivity index (χ3v) is 10.3. The van der Waals surface area contributed by atoms with Crippen LogP contribution in [0.3, 0.4) is 0 Å². The highest BCUT2D eigenvalue weighted by atomic mass is 32.2. The number of piperidine rings is 1. The van der Waals surface area contributed by atoms with Crippen molar-refractivity contribution in [1.82, 2.24) is 19.1 Å². The molecule has 0 radical (unpaired) electrons. The zero-order valence-corrected chi connectivity index (χ0v) is 23.2. The molecule has 0 spiro atoms. The summed E-state index contributed by atoms with van der Waals surface area (Å²) in [5, 5.41) is 0.817. The van der Waals surface area contributed by atoms with E-state index < -0.39 is 10.0 Å². The lowest BCUT2D eigenvalue weighted by atomic mass is 9.96. The molecular formula is C30H37N5O3S. The van der Waals surface area contributed by atoms with Crippen molar-refractivity contribution in [3.8, 4) is 0 Å². The molecule has 3 aliphatic heterocycles. The lowest BCUT2D eigenvalue weighted by Gasteiger charge is -2.39. The van der Waals surface area contributed by atoms with Gasteiger partial charge in [0, 0.05) is 64.3 Å². The standard InChI is InChI=1S/C30H37N5O3S/c36-30(33-19-17-32(18-20-33)22-24-7-2-1-3-8-24)26-9-6-14-34(23-26)29-13-10-25-21-27(11-12-28(25)31-29)39(37,38)35-15-4-5-16-35/h1-3,7-8,10-13,21,26H,4-6,9,14-20,22-23H2/t26-/m0/s1. The Kier molecular flexibility index (Phi) is 7.55. The molecule has 39 heavy (non-hydrogen) atoms. The number of rotatable bonds is 6. The first-order valence-corrected chi connectivity index (χ1v) is 15.6. The Morgan fingerprint density at radius 3 is 2.38 bits per heavy atom. The van der Waals surface area contributed by atoms with Crippen LogP contribution in [0.2, 0.25) is 0 Å². The van der Waals surface area contributed by atoms with Gasteiger partial charge in [-0.15, -0.1) is 0 Å². The first-order chi connectivity index (χ1) is 19.0. The van der Waals surface area contributed by atoms with Crippen molar-refractivity contribution in [2.24, 2.45) is 5.92 Å². The molecule has 3 fully saturated rings. The molecule has 0 N–H and O–H groups in total. The van der Waals surface area contributed by atoms with E-state index in [1.54, 1.807) is 16.4 Å². The number of sulfonamides is 1. The van der Waals surface area contributed by atoms with Crippen molar-refractivity contribution in [3.63, 3.8) is 0 Å². The largest absolute Gasteiger partial charge is 0.356 e. The van der Waals surface area contributed by atoms with Crippen LogP contribution in [0.15, 0.2) is 65.6 Å². The normalized spacial score (nSPS) is 21.5. The minimum Gasteiger partial charge on any atom is -0.356 e. The first-order valence-electron chi connectivity index (χ1n) is 14.2. The lowest BCUT2D eigenvalue weighted by molar-refractivity contribution is -0.137. The number of amides is 1. The fraction of sp³-hybridized carbons (Fsp3) is 0.467. The summed E-state index contributed by atoms with van der Waals surface area (Å²) in [6, 6.07) is 19.6. The molecule has 4 heterocycles. The summed E-state index contributed by atoms with van der Waals surface area (Å²) in [5.41, 5.74) is 2.09. The second kappa shape index (κ2) is 11.2. The smallest absolute Gasteiger partial charge is 0.243 e. The molecule has 0 saturated carbocycles. The van der Waals surface area contributed by atoms with Crippen molar-refractivity contribution >= 4 is 32.7 Å². The van der Waals surface area contributed by atoms with Gasteiger partial charge in [-0.25, -0.2) is 13.4 Å². The molecule has 6 rings (SSSR count). The fourth-order valence-corrected chi connectivity index (χ4v) is 7.67. The van der Waals surface area contributed by atoms with Gasteiger partial charge in [-0.3, -0.25) is 9.69 Å². The van der Waals surface area contributed by atoms with E-state index in [4.69, 9.17) is 4.98 Å². The van der Waals surface area contributed by atoms with Gasteiger partial charge in [-0.2, -0.15) is 4.31 Å². The number of fused-ring (bicyclic) bond motifs is 1. The Hall–Kier alpha value is -3.01. The number of carbonyl (C=O) groups excluding carboxylic acids is 1. The highest BCUT2D eigenvalue weighted by molar-refractivity contribution is 7.89. The van der Waals surface area contributed by atoms with E-state index in [0.29, 0.717) is 24.5 Å². The molecule has 3 saturated heterocycles. The van der Waals surface area contributed by atoms with E-state index >= 15 is 0 Å². The van der Waals surface area contributed by atoms with Crippen LogP contribution >= 0.6 is 0 Å². The van der Waals surface area contributed by atoms with Crippen molar-refractivity contribution < 1.29 is 13.2 Å². The SMILES string of the molecule is O=C([C@H]1CCCN(c2ccc3cc(S(=O)(=O)N4CCCC4)ccc3n2)C1)N1CCN(Cc2ccccc2)CC1. The number of aromatic nitrogens is 1. The topological polar surface area (TPSA) is 77.1 Å². The molecule has 9 heteroatoms. The summed E-state index contributed by atoms with van der Waals surface area (Å²) >= 11 is 0. The molecule has 0 unspecified atom stereocenters. The lowest BCUT2D eigenvalue weighted by Crippen LogP contribution is -2.52. The van der Waals surface area contributed by atoms with Gasteiger partial charge in [0.1, 0.15) is 5.82 Å². The van der Waals surface area contributed by atoms with E-state index in [0.717, 1.165) is 81.7 Å². The van der Waals surface area contributed by atoms with E-state index in [1.807, 2.05) is 29.2 Å². The Balaban J connectivity index is 1.09. The van der Waals surface area contributed by atoms with Crippen LogP contribution in [0, 0.1) is 5.92 Å². The third-order valence-electron chi connectivity index (χ3n) is 8.38. The molecule has 3 aromatic rings. The summed E-state index contributed by atoms with van der Waals surface area (Å²) in [4.78, 5) is 25.3. The van der Waals surface area contributed by atoms with Crippen LogP contribution < -0.4 is 4.90 Å². The van der Waals surface area contributed by atoms with Crippen LogP contribution in [-0.2, 0) is 21.4 Å². The van der Waals surface area contributed by atoms with Crippen molar-refractivity contribution in [3.05, 3.63) is 66.2 Å². The summed E-state index contributed by atoms with van der Waals surface area (Å²) in [6.45, 7) is 7.01. The third kappa shape index (κ3) is 5.66. The van der Waals surface area contributed by atoms with Crippen molar-refractivity contribution in [2.45, 2.75) is 37.1 Å².